The minimum absolute atomic E-state index is 0.496. The van der Waals surface area contributed by atoms with Crippen molar-refractivity contribution in [3.8, 4) is 0 Å². The van der Waals surface area contributed by atoms with Gasteiger partial charge in [0.25, 0.3) is 0 Å². The number of hydrogen-bond acceptors (Lipinski definition) is 3. The molecule has 88 valence electrons. The second-order valence-corrected chi connectivity index (χ2v) is 4.83. The number of rotatable bonds is 1. The van der Waals surface area contributed by atoms with Crippen molar-refractivity contribution >= 4 is 23.1 Å². The second-order valence-electron chi connectivity index (χ2n) is 4.44. The van der Waals surface area contributed by atoms with Crippen molar-refractivity contribution in [2.45, 2.75) is 38.6 Å². The number of halogens is 1. The number of pyridine rings is 1. The Morgan fingerprint density at radius 1 is 1.38 bits per heavy atom. The fourth-order valence-electron chi connectivity index (χ4n) is 2.26. The van der Waals surface area contributed by atoms with Crippen molar-refractivity contribution in [3.63, 3.8) is 0 Å². The summed E-state index contributed by atoms with van der Waals surface area (Å²) in [5, 5.41) is 0.514. The minimum atomic E-state index is 0.496. The molecule has 4 heteroatoms. The minimum Gasteiger partial charge on any atom is -0.396 e. The Bertz CT molecular complexity index is 367. The summed E-state index contributed by atoms with van der Waals surface area (Å²) >= 11 is 5.93. The molecular weight excluding hydrogens is 222 g/mol. The molecule has 2 N–H and O–H groups in total. The van der Waals surface area contributed by atoms with Crippen LogP contribution in [0, 0.1) is 0 Å². The van der Waals surface area contributed by atoms with E-state index in [1.54, 1.807) is 6.07 Å². The Hall–Kier alpha value is -0.960. The van der Waals surface area contributed by atoms with Crippen LogP contribution in [-0.4, -0.2) is 17.6 Å². The van der Waals surface area contributed by atoms with E-state index in [0.717, 1.165) is 18.1 Å². The lowest BCUT2D eigenvalue weighted by Gasteiger charge is -2.29. The fraction of sp³-hybridized carbons (Fsp3) is 0.583. The number of hydrogen-bond donors (Lipinski definition) is 1. The zero-order chi connectivity index (χ0) is 11.5. The van der Waals surface area contributed by atoms with Crippen molar-refractivity contribution in [3.05, 3.63) is 17.3 Å². The summed E-state index contributed by atoms with van der Waals surface area (Å²) in [6.45, 7) is 3.26. The van der Waals surface area contributed by atoms with E-state index in [-0.39, 0.29) is 0 Å². The van der Waals surface area contributed by atoms with Gasteiger partial charge in [-0.1, -0.05) is 24.4 Å². The maximum Gasteiger partial charge on any atom is 0.153 e. The zero-order valence-corrected chi connectivity index (χ0v) is 10.4. The van der Waals surface area contributed by atoms with Gasteiger partial charge in [0.05, 0.1) is 5.69 Å². The lowest BCUT2D eigenvalue weighted by molar-refractivity contribution is 0.612. The molecule has 0 aromatic carbocycles. The van der Waals surface area contributed by atoms with Crippen LogP contribution < -0.4 is 10.6 Å². The maximum absolute atomic E-state index is 5.97. The van der Waals surface area contributed by atoms with E-state index in [0.29, 0.717) is 11.2 Å². The largest absolute Gasteiger partial charge is 0.396 e. The third-order valence-corrected chi connectivity index (χ3v) is 3.41. The van der Waals surface area contributed by atoms with Crippen LogP contribution in [0.15, 0.2) is 12.1 Å². The number of anilines is 2. The molecule has 1 atom stereocenters. The standard InChI is InChI=1S/C12H18ClN3/c1-9-5-3-2-4-8-16(9)12-10(14)6-7-11(13)15-12/h6-7,9H,2-5,8,14H2,1H3. The van der Waals surface area contributed by atoms with E-state index in [4.69, 9.17) is 17.3 Å². The summed E-state index contributed by atoms with van der Waals surface area (Å²) in [5.41, 5.74) is 6.69. The highest BCUT2D eigenvalue weighted by Crippen LogP contribution is 2.28. The van der Waals surface area contributed by atoms with Crippen LogP contribution in [0.5, 0.6) is 0 Å². The van der Waals surface area contributed by atoms with E-state index >= 15 is 0 Å². The van der Waals surface area contributed by atoms with Crippen LogP contribution in [0.4, 0.5) is 11.5 Å². The first-order valence-electron chi connectivity index (χ1n) is 5.87. The van der Waals surface area contributed by atoms with Crippen molar-refractivity contribution < 1.29 is 0 Å². The summed E-state index contributed by atoms with van der Waals surface area (Å²) in [7, 11) is 0. The molecule has 1 unspecified atom stereocenters. The van der Waals surface area contributed by atoms with Gasteiger partial charge in [-0.3, -0.25) is 0 Å². The number of aromatic nitrogens is 1. The monoisotopic (exact) mass is 239 g/mol. The van der Waals surface area contributed by atoms with Crippen molar-refractivity contribution in [1.82, 2.24) is 4.98 Å². The maximum atomic E-state index is 5.97. The van der Waals surface area contributed by atoms with Gasteiger partial charge < -0.3 is 10.6 Å². The molecule has 0 aliphatic carbocycles. The average molecular weight is 240 g/mol. The summed E-state index contributed by atoms with van der Waals surface area (Å²) in [6.07, 6.45) is 4.99. The van der Waals surface area contributed by atoms with Gasteiger partial charge in [0.2, 0.25) is 0 Å². The Morgan fingerprint density at radius 3 is 3.00 bits per heavy atom. The van der Waals surface area contributed by atoms with Crippen LogP contribution in [0.1, 0.15) is 32.6 Å². The van der Waals surface area contributed by atoms with E-state index in [9.17, 15) is 0 Å². The van der Waals surface area contributed by atoms with Gasteiger partial charge in [-0.25, -0.2) is 4.98 Å². The van der Waals surface area contributed by atoms with Gasteiger partial charge in [0.15, 0.2) is 5.82 Å². The first kappa shape index (κ1) is 11.5. The molecule has 1 aromatic rings. The molecule has 0 radical (unpaired) electrons. The smallest absolute Gasteiger partial charge is 0.153 e. The van der Waals surface area contributed by atoms with Crippen molar-refractivity contribution in [1.29, 1.82) is 0 Å². The van der Waals surface area contributed by atoms with Crippen LogP contribution in [-0.2, 0) is 0 Å². The fourth-order valence-corrected chi connectivity index (χ4v) is 2.40. The topological polar surface area (TPSA) is 42.2 Å². The normalized spacial score (nSPS) is 21.9. The molecular formula is C12H18ClN3. The van der Waals surface area contributed by atoms with Gasteiger partial charge in [0.1, 0.15) is 5.15 Å². The van der Waals surface area contributed by atoms with Crippen LogP contribution in [0.25, 0.3) is 0 Å². The molecule has 1 aliphatic heterocycles. The van der Waals surface area contributed by atoms with Crippen LogP contribution >= 0.6 is 11.6 Å². The highest BCUT2D eigenvalue weighted by atomic mass is 35.5. The predicted octanol–water partition coefficient (Wildman–Crippen LogP) is 3.09. The first-order valence-corrected chi connectivity index (χ1v) is 6.25. The summed E-state index contributed by atoms with van der Waals surface area (Å²) in [5.74, 6) is 0.849. The molecule has 0 amide bonds. The molecule has 2 heterocycles. The van der Waals surface area contributed by atoms with E-state index in [2.05, 4.69) is 16.8 Å². The first-order chi connectivity index (χ1) is 7.68. The Morgan fingerprint density at radius 2 is 2.19 bits per heavy atom. The number of nitrogen functional groups attached to an aromatic ring is 1. The third kappa shape index (κ3) is 2.40. The van der Waals surface area contributed by atoms with Gasteiger partial charge in [-0.15, -0.1) is 0 Å². The third-order valence-electron chi connectivity index (χ3n) is 3.20. The molecule has 1 aromatic heterocycles. The molecule has 1 saturated heterocycles. The SMILES string of the molecule is CC1CCCCCN1c1nc(Cl)ccc1N. The molecule has 1 fully saturated rings. The van der Waals surface area contributed by atoms with Gasteiger partial charge in [0, 0.05) is 12.6 Å². The summed E-state index contributed by atoms with van der Waals surface area (Å²) in [4.78, 5) is 6.64. The van der Waals surface area contributed by atoms with Gasteiger partial charge in [-0.2, -0.15) is 0 Å². The molecule has 2 rings (SSSR count). The van der Waals surface area contributed by atoms with Gasteiger partial charge in [-0.05, 0) is 31.9 Å². The lowest BCUT2D eigenvalue weighted by atomic mass is 10.1. The van der Waals surface area contributed by atoms with Crippen LogP contribution in [0.3, 0.4) is 0 Å². The molecule has 16 heavy (non-hydrogen) atoms. The van der Waals surface area contributed by atoms with Crippen molar-refractivity contribution in [2.75, 3.05) is 17.2 Å². The molecule has 0 bridgehead atoms. The molecule has 1 aliphatic rings. The Balaban J connectivity index is 2.29. The molecule has 0 spiro atoms. The zero-order valence-electron chi connectivity index (χ0n) is 9.62. The highest BCUT2D eigenvalue weighted by molar-refractivity contribution is 6.29. The molecule has 0 saturated carbocycles. The Labute approximate surface area is 102 Å². The number of nitrogens with two attached hydrogens (primary N) is 1. The van der Waals surface area contributed by atoms with Gasteiger partial charge >= 0.3 is 0 Å². The Kier molecular flexibility index (Phi) is 3.54. The average Bonchev–Trinajstić information content (AvgIpc) is 2.47. The van der Waals surface area contributed by atoms with Crippen molar-refractivity contribution in [2.24, 2.45) is 0 Å². The lowest BCUT2D eigenvalue weighted by Crippen LogP contribution is -2.33. The number of nitrogens with zero attached hydrogens (tertiary/aromatic N) is 2. The quantitative estimate of drug-likeness (QED) is 0.766. The van der Waals surface area contributed by atoms with E-state index in [1.807, 2.05) is 6.07 Å². The predicted molar refractivity (Wildman–Crippen MR) is 68.9 cm³/mol. The van der Waals surface area contributed by atoms with E-state index in [1.165, 1.54) is 25.7 Å². The summed E-state index contributed by atoms with van der Waals surface area (Å²) < 4.78 is 0. The highest BCUT2D eigenvalue weighted by Gasteiger charge is 2.20. The summed E-state index contributed by atoms with van der Waals surface area (Å²) in [6, 6.07) is 4.07. The van der Waals surface area contributed by atoms with Crippen LogP contribution in [0.2, 0.25) is 5.15 Å². The second kappa shape index (κ2) is 4.91. The molecule has 3 nitrogen and oxygen atoms in total. The van der Waals surface area contributed by atoms with E-state index < -0.39 is 0 Å².